The molecule has 11 heteroatoms. The van der Waals surface area contributed by atoms with Crippen molar-refractivity contribution in [1.29, 1.82) is 5.26 Å². The fraction of sp³-hybridized carbons (Fsp3) is 0.312. The Morgan fingerprint density at radius 2 is 2.00 bits per heavy atom. The highest BCUT2D eigenvalue weighted by molar-refractivity contribution is 9.10. The first-order valence-electron chi connectivity index (χ1n) is 7.65. The van der Waals surface area contributed by atoms with Crippen LogP contribution in [0.1, 0.15) is 17.7 Å². The lowest BCUT2D eigenvalue weighted by molar-refractivity contribution is 0.0230. The lowest BCUT2D eigenvalue weighted by atomic mass is 9.75. The number of hydrogen-bond donors (Lipinski definition) is 2. The van der Waals surface area contributed by atoms with Gasteiger partial charge >= 0.3 is 0 Å². The van der Waals surface area contributed by atoms with E-state index in [1.807, 2.05) is 4.72 Å². The number of H-pyrrole nitrogens is 1. The van der Waals surface area contributed by atoms with Crippen molar-refractivity contribution in [2.45, 2.75) is 30.6 Å². The number of sulfonamides is 1. The Morgan fingerprint density at radius 3 is 2.63 bits per heavy atom. The van der Waals surface area contributed by atoms with Crippen molar-refractivity contribution in [2.75, 3.05) is 4.72 Å². The summed E-state index contributed by atoms with van der Waals surface area (Å²) >= 11 is 2.79. The van der Waals surface area contributed by atoms with Gasteiger partial charge in [0.05, 0.1) is 16.2 Å². The normalized spacial score (nSPS) is 19.6. The van der Waals surface area contributed by atoms with E-state index in [4.69, 9.17) is 5.26 Å². The molecule has 2 N–H and O–H groups in total. The smallest absolute Gasteiger partial charge is 0.263 e. The summed E-state index contributed by atoms with van der Waals surface area (Å²) < 4.78 is 81.1. The van der Waals surface area contributed by atoms with E-state index in [0.29, 0.717) is 6.07 Å². The maximum atomic E-state index is 13.9. The number of aromatic amines is 1. The minimum Gasteiger partial charge on any atom is -0.363 e. The summed E-state index contributed by atoms with van der Waals surface area (Å²) in [7, 11) is -4.30. The number of halogens is 5. The largest absolute Gasteiger partial charge is 0.363 e. The van der Waals surface area contributed by atoms with Crippen LogP contribution >= 0.6 is 15.9 Å². The molecule has 0 saturated heterocycles. The number of anilines is 1. The number of alkyl halides is 2. The number of hydrogen-bond acceptors (Lipinski definition) is 3. The molecule has 5 nitrogen and oxygen atoms in total. The third-order valence-corrected chi connectivity index (χ3v) is 6.58. The molecule has 0 unspecified atom stereocenters. The fourth-order valence-corrected chi connectivity index (χ4v) is 4.67. The average molecular weight is 466 g/mol. The van der Waals surface area contributed by atoms with E-state index in [1.165, 1.54) is 0 Å². The molecule has 0 saturated carbocycles. The first-order valence-corrected chi connectivity index (χ1v) is 9.93. The zero-order valence-corrected chi connectivity index (χ0v) is 15.9. The Morgan fingerprint density at radius 1 is 1.30 bits per heavy atom. The molecule has 0 bridgehead atoms. The third kappa shape index (κ3) is 3.43. The summed E-state index contributed by atoms with van der Waals surface area (Å²) in [5, 5.41) is 9.12. The molecule has 144 valence electrons. The Labute approximate surface area is 160 Å². The van der Waals surface area contributed by atoms with Gasteiger partial charge in [0.1, 0.15) is 21.9 Å². The molecule has 27 heavy (non-hydrogen) atoms. The number of nitrogens with one attached hydrogen (secondary N) is 2. The van der Waals surface area contributed by atoms with Crippen LogP contribution < -0.4 is 4.72 Å². The molecule has 0 aliphatic heterocycles. The van der Waals surface area contributed by atoms with Crippen LogP contribution in [0.5, 0.6) is 0 Å². The highest BCUT2D eigenvalue weighted by atomic mass is 79.9. The van der Waals surface area contributed by atoms with Crippen molar-refractivity contribution in [3.05, 3.63) is 45.7 Å². The summed E-state index contributed by atoms with van der Waals surface area (Å²) in [4.78, 5) is 2.37. The van der Waals surface area contributed by atoms with Crippen LogP contribution in [0, 0.1) is 28.4 Å². The first kappa shape index (κ1) is 19.7. The van der Waals surface area contributed by atoms with Gasteiger partial charge in [-0.15, -0.1) is 0 Å². The lowest BCUT2D eigenvalue weighted by Crippen LogP contribution is -2.34. The van der Waals surface area contributed by atoms with Crippen molar-refractivity contribution in [3.8, 4) is 6.07 Å². The summed E-state index contributed by atoms with van der Waals surface area (Å²) in [5.41, 5.74) is -1.99. The SMILES string of the molecule is N#C[C@@]1(C(F)F)CCc2c(S(=O)(=O)Nc3cc(F)c(Br)cc3F)c[nH]c2C1. The van der Waals surface area contributed by atoms with Crippen molar-refractivity contribution in [3.63, 3.8) is 0 Å². The topological polar surface area (TPSA) is 85.8 Å². The molecule has 1 heterocycles. The second kappa shape index (κ2) is 6.83. The van der Waals surface area contributed by atoms with Crippen molar-refractivity contribution < 1.29 is 26.0 Å². The number of nitrogens with zero attached hydrogens (tertiary/aromatic N) is 1. The van der Waals surface area contributed by atoms with E-state index in [1.54, 1.807) is 6.07 Å². The summed E-state index contributed by atoms with van der Waals surface area (Å²) in [5.74, 6) is -1.85. The third-order valence-electron chi connectivity index (χ3n) is 4.54. The minimum absolute atomic E-state index is 0.0653. The van der Waals surface area contributed by atoms with E-state index >= 15 is 0 Å². The molecule has 0 fully saturated rings. The number of benzene rings is 1. The molecule has 1 aromatic heterocycles. The molecule has 1 aliphatic rings. The van der Waals surface area contributed by atoms with Crippen molar-refractivity contribution >= 4 is 31.6 Å². The van der Waals surface area contributed by atoms with E-state index in [2.05, 4.69) is 20.9 Å². The number of fused-ring (bicyclic) bond motifs is 1. The maximum absolute atomic E-state index is 13.9. The quantitative estimate of drug-likeness (QED) is 0.525. The summed E-state index contributed by atoms with van der Waals surface area (Å²) in [6.07, 6.45) is -2.39. The lowest BCUT2D eigenvalue weighted by Gasteiger charge is -2.30. The minimum atomic E-state index is -4.30. The zero-order chi connectivity index (χ0) is 20.0. The fourth-order valence-electron chi connectivity index (χ4n) is 3.03. The predicted molar refractivity (Wildman–Crippen MR) is 91.7 cm³/mol. The number of nitriles is 1. The summed E-state index contributed by atoms with van der Waals surface area (Å²) in [6.45, 7) is 0. The molecule has 0 spiro atoms. The molecular weight excluding hydrogens is 454 g/mol. The van der Waals surface area contributed by atoms with Gasteiger partial charge in [-0.25, -0.2) is 26.0 Å². The van der Waals surface area contributed by atoms with Crippen LogP contribution in [0.15, 0.2) is 27.7 Å². The second-order valence-corrected chi connectivity index (χ2v) is 8.71. The van der Waals surface area contributed by atoms with Gasteiger partial charge in [-0.05, 0) is 40.4 Å². The zero-order valence-electron chi connectivity index (χ0n) is 13.5. The number of rotatable bonds is 4. The maximum Gasteiger partial charge on any atom is 0.263 e. The van der Waals surface area contributed by atoms with Crippen LogP contribution in [0.25, 0.3) is 0 Å². The Bertz CT molecular complexity index is 1050. The molecule has 0 radical (unpaired) electrons. The molecular formula is C16H12BrF4N3O2S. The van der Waals surface area contributed by atoms with Gasteiger partial charge in [-0.3, -0.25) is 4.72 Å². The standard InChI is InChI=1S/C16H12BrF4N3O2S/c17-9-3-11(19)12(4-10(9)18)24-27(25,26)14-6-23-13-5-16(7-22,15(20)21)2-1-8(13)14/h3-4,6,15,23-24H,1-2,5H2/t16-/m1/s1. The van der Waals surface area contributed by atoms with Gasteiger partial charge in [0.15, 0.2) is 0 Å². The molecule has 1 aliphatic carbocycles. The molecule has 0 amide bonds. The summed E-state index contributed by atoms with van der Waals surface area (Å²) in [6, 6.07) is 3.10. The molecule has 1 atom stereocenters. The average Bonchev–Trinajstić information content (AvgIpc) is 3.02. The highest BCUT2D eigenvalue weighted by Gasteiger charge is 2.45. The van der Waals surface area contributed by atoms with Gasteiger partial charge in [0, 0.05) is 24.4 Å². The van der Waals surface area contributed by atoms with Crippen LogP contribution in [0.2, 0.25) is 0 Å². The van der Waals surface area contributed by atoms with E-state index in [-0.39, 0.29) is 39.9 Å². The number of aromatic nitrogens is 1. The van der Waals surface area contributed by atoms with E-state index < -0.39 is 39.2 Å². The highest BCUT2D eigenvalue weighted by Crippen LogP contribution is 2.41. The van der Waals surface area contributed by atoms with Crippen molar-refractivity contribution in [2.24, 2.45) is 5.41 Å². The van der Waals surface area contributed by atoms with Gasteiger partial charge in [0.25, 0.3) is 16.4 Å². The predicted octanol–water partition coefficient (Wildman–Crippen LogP) is 4.12. The Hall–Kier alpha value is -2.06. The van der Waals surface area contributed by atoms with Crippen LogP contribution in [0.3, 0.4) is 0 Å². The van der Waals surface area contributed by atoms with Gasteiger partial charge < -0.3 is 4.98 Å². The van der Waals surface area contributed by atoms with Gasteiger partial charge in [-0.1, -0.05) is 0 Å². The van der Waals surface area contributed by atoms with Crippen LogP contribution in [-0.4, -0.2) is 19.8 Å². The van der Waals surface area contributed by atoms with E-state index in [9.17, 15) is 26.0 Å². The Balaban J connectivity index is 1.95. The van der Waals surface area contributed by atoms with Crippen LogP contribution in [-0.2, 0) is 22.9 Å². The van der Waals surface area contributed by atoms with Gasteiger partial charge in [-0.2, -0.15) is 5.26 Å². The molecule has 3 rings (SSSR count). The second-order valence-electron chi connectivity index (χ2n) is 6.21. The monoisotopic (exact) mass is 465 g/mol. The Kier molecular flexibility index (Phi) is 4.98. The molecule has 2 aromatic rings. The van der Waals surface area contributed by atoms with Gasteiger partial charge in [0.2, 0.25) is 0 Å². The first-order chi connectivity index (χ1) is 12.6. The van der Waals surface area contributed by atoms with Crippen LogP contribution in [0.4, 0.5) is 23.2 Å². The van der Waals surface area contributed by atoms with E-state index in [0.717, 1.165) is 12.3 Å². The molecule has 1 aromatic carbocycles. The van der Waals surface area contributed by atoms with Crippen molar-refractivity contribution in [1.82, 2.24) is 4.98 Å².